The summed E-state index contributed by atoms with van der Waals surface area (Å²) in [7, 11) is 3.99. The van der Waals surface area contributed by atoms with Crippen LogP contribution in [0.4, 0.5) is 5.95 Å². The number of aliphatic hydroxyl groups is 1. The van der Waals surface area contributed by atoms with Crippen LogP contribution in [0.2, 0.25) is 0 Å². The summed E-state index contributed by atoms with van der Waals surface area (Å²) in [5.41, 5.74) is 0.499. The Hall–Kier alpha value is -1.24. The fraction of sp³-hybridized carbons (Fsp3) is 0.733. The summed E-state index contributed by atoms with van der Waals surface area (Å²) in [5, 5.41) is 13.7. The van der Waals surface area contributed by atoms with Gasteiger partial charge in [0, 0.05) is 50.7 Å². The lowest BCUT2D eigenvalue weighted by Crippen LogP contribution is -2.42. The molecule has 6 heteroatoms. The van der Waals surface area contributed by atoms with Crippen molar-refractivity contribution in [3.8, 4) is 0 Å². The van der Waals surface area contributed by atoms with Crippen LogP contribution in [0, 0.1) is 0 Å². The Bertz CT molecular complexity index is 436. The van der Waals surface area contributed by atoms with Crippen molar-refractivity contribution in [2.75, 3.05) is 45.6 Å². The first-order valence-electron chi connectivity index (χ1n) is 7.65. The molecule has 21 heavy (non-hydrogen) atoms. The number of hydrogen-bond donors (Lipinski definition) is 2. The Morgan fingerprint density at radius 2 is 2.10 bits per heavy atom. The van der Waals surface area contributed by atoms with Gasteiger partial charge in [-0.3, -0.25) is 4.90 Å². The molecule has 2 N–H and O–H groups in total. The maximum atomic E-state index is 10.5. The molecule has 2 heterocycles. The molecule has 118 valence electrons. The van der Waals surface area contributed by atoms with Crippen LogP contribution in [0.25, 0.3) is 0 Å². The summed E-state index contributed by atoms with van der Waals surface area (Å²) in [6, 6.07) is 0. The third-order valence-electron chi connectivity index (χ3n) is 3.67. The predicted molar refractivity (Wildman–Crippen MR) is 84.2 cm³/mol. The molecule has 0 aliphatic carbocycles. The smallest absolute Gasteiger partial charge is 0.222 e. The summed E-state index contributed by atoms with van der Waals surface area (Å²) in [4.78, 5) is 13.0. The molecule has 1 aromatic heterocycles. The van der Waals surface area contributed by atoms with Gasteiger partial charge in [-0.25, -0.2) is 9.97 Å². The van der Waals surface area contributed by atoms with Crippen molar-refractivity contribution >= 4 is 5.95 Å². The van der Waals surface area contributed by atoms with Gasteiger partial charge in [0.1, 0.15) is 0 Å². The first kappa shape index (κ1) is 16.1. The van der Waals surface area contributed by atoms with E-state index < -0.39 is 5.60 Å². The SMILES string of the molecule is CCCNc1ncc(CN2CC[C@@](O)(CN(C)C)C2)cn1. The normalized spacial score (nSPS) is 22.9. The molecule has 1 fully saturated rings. The van der Waals surface area contributed by atoms with Crippen molar-refractivity contribution in [2.45, 2.75) is 31.9 Å². The van der Waals surface area contributed by atoms with Crippen LogP contribution in [0.3, 0.4) is 0 Å². The second-order valence-electron chi connectivity index (χ2n) is 6.26. The fourth-order valence-electron chi connectivity index (χ4n) is 2.82. The number of β-amino-alcohol motifs (C(OH)–C–C–N with tert-alkyl or cyclic N) is 1. The van der Waals surface area contributed by atoms with Crippen molar-refractivity contribution in [1.29, 1.82) is 0 Å². The van der Waals surface area contributed by atoms with Gasteiger partial charge in [0.25, 0.3) is 0 Å². The number of aromatic nitrogens is 2. The molecule has 1 atom stereocenters. The average Bonchev–Trinajstić information content (AvgIpc) is 2.78. The van der Waals surface area contributed by atoms with Crippen LogP contribution >= 0.6 is 0 Å². The van der Waals surface area contributed by atoms with E-state index in [1.807, 2.05) is 31.4 Å². The van der Waals surface area contributed by atoms with E-state index in [0.29, 0.717) is 19.0 Å². The first-order chi connectivity index (χ1) is 10.0. The predicted octanol–water partition coefficient (Wildman–Crippen LogP) is 0.797. The lowest BCUT2D eigenvalue weighted by molar-refractivity contribution is 0.0240. The van der Waals surface area contributed by atoms with E-state index in [2.05, 4.69) is 27.1 Å². The Kier molecular flexibility index (Phi) is 5.50. The zero-order chi connectivity index (χ0) is 15.3. The molecule has 0 unspecified atom stereocenters. The molecule has 0 aromatic carbocycles. The molecule has 2 rings (SSSR count). The van der Waals surface area contributed by atoms with E-state index in [4.69, 9.17) is 0 Å². The standard InChI is InChI=1S/C15H27N5O/c1-4-6-16-14-17-8-13(9-18-14)10-20-7-5-15(21,12-20)11-19(2)3/h8-9,21H,4-7,10-12H2,1-3H3,(H,16,17,18)/t15-/m1/s1. The number of nitrogens with zero attached hydrogens (tertiary/aromatic N) is 4. The number of nitrogens with one attached hydrogen (secondary N) is 1. The third kappa shape index (κ3) is 4.91. The van der Waals surface area contributed by atoms with E-state index in [9.17, 15) is 5.11 Å². The van der Waals surface area contributed by atoms with Crippen molar-refractivity contribution in [2.24, 2.45) is 0 Å². The van der Waals surface area contributed by atoms with Crippen molar-refractivity contribution in [1.82, 2.24) is 19.8 Å². The van der Waals surface area contributed by atoms with Crippen LogP contribution in [-0.2, 0) is 6.54 Å². The van der Waals surface area contributed by atoms with E-state index in [0.717, 1.165) is 38.0 Å². The molecule has 1 saturated heterocycles. The Morgan fingerprint density at radius 3 is 2.71 bits per heavy atom. The zero-order valence-corrected chi connectivity index (χ0v) is 13.3. The molecular formula is C15H27N5O. The molecule has 0 saturated carbocycles. The fourth-order valence-corrected chi connectivity index (χ4v) is 2.82. The number of rotatable bonds is 7. The van der Waals surface area contributed by atoms with Gasteiger partial charge in [-0.1, -0.05) is 6.92 Å². The molecule has 0 amide bonds. The van der Waals surface area contributed by atoms with Crippen LogP contribution < -0.4 is 5.32 Å². The summed E-state index contributed by atoms with van der Waals surface area (Å²) >= 11 is 0. The lowest BCUT2D eigenvalue weighted by atomic mass is 10.0. The van der Waals surface area contributed by atoms with Crippen molar-refractivity contribution in [3.63, 3.8) is 0 Å². The summed E-state index contributed by atoms with van der Waals surface area (Å²) in [6.07, 6.45) is 5.62. The van der Waals surface area contributed by atoms with Crippen LogP contribution in [0.5, 0.6) is 0 Å². The first-order valence-corrected chi connectivity index (χ1v) is 7.65. The molecule has 1 aromatic rings. The minimum absolute atomic E-state index is 0.590. The zero-order valence-electron chi connectivity index (χ0n) is 13.3. The average molecular weight is 293 g/mol. The maximum absolute atomic E-state index is 10.5. The highest BCUT2D eigenvalue weighted by molar-refractivity contribution is 5.24. The van der Waals surface area contributed by atoms with Crippen LogP contribution in [0.1, 0.15) is 25.3 Å². The number of hydrogen-bond acceptors (Lipinski definition) is 6. The second kappa shape index (κ2) is 7.15. The minimum atomic E-state index is -0.590. The number of likely N-dealkylation sites (tertiary alicyclic amines) is 1. The largest absolute Gasteiger partial charge is 0.387 e. The highest BCUT2D eigenvalue weighted by atomic mass is 16.3. The van der Waals surface area contributed by atoms with E-state index in [-0.39, 0.29) is 0 Å². The Balaban J connectivity index is 1.85. The maximum Gasteiger partial charge on any atom is 0.222 e. The quantitative estimate of drug-likeness (QED) is 0.775. The van der Waals surface area contributed by atoms with E-state index >= 15 is 0 Å². The van der Waals surface area contributed by atoms with Gasteiger partial charge in [-0.2, -0.15) is 0 Å². The molecule has 1 aliphatic heterocycles. The molecule has 0 spiro atoms. The van der Waals surface area contributed by atoms with Gasteiger partial charge in [-0.05, 0) is 26.9 Å². The Morgan fingerprint density at radius 1 is 1.38 bits per heavy atom. The van der Waals surface area contributed by atoms with Crippen molar-refractivity contribution in [3.05, 3.63) is 18.0 Å². The third-order valence-corrected chi connectivity index (χ3v) is 3.67. The number of likely N-dealkylation sites (N-methyl/N-ethyl adjacent to an activating group) is 1. The lowest BCUT2D eigenvalue weighted by Gasteiger charge is -2.26. The van der Waals surface area contributed by atoms with Gasteiger partial charge in [0.2, 0.25) is 5.95 Å². The number of anilines is 1. The van der Waals surface area contributed by atoms with Gasteiger partial charge >= 0.3 is 0 Å². The highest BCUT2D eigenvalue weighted by Crippen LogP contribution is 2.23. The van der Waals surface area contributed by atoms with Gasteiger partial charge in [-0.15, -0.1) is 0 Å². The molecular weight excluding hydrogens is 266 g/mol. The monoisotopic (exact) mass is 293 g/mol. The molecule has 1 aliphatic rings. The Labute approximate surface area is 127 Å². The topological polar surface area (TPSA) is 64.5 Å². The van der Waals surface area contributed by atoms with Crippen LogP contribution in [-0.4, -0.2) is 70.7 Å². The van der Waals surface area contributed by atoms with E-state index in [1.165, 1.54) is 0 Å². The van der Waals surface area contributed by atoms with E-state index in [1.54, 1.807) is 0 Å². The van der Waals surface area contributed by atoms with Gasteiger partial charge in [0.05, 0.1) is 5.60 Å². The minimum Gasteiger partial charge on any atom is -0.387 e. The van der Waals surface area contributed by atoms with Crippen molar-refractivity contribution < 1.29 is 5.11 Å². The summed E-state index contributed by atoms with van der Waals surface area (Å²) in [6.45, 7) is 6.14. The molecule has 0 bridgehead atoms. The highest BCUT2D eigenvalue weighted by Gasteiger charge is 2.36. The summed E-state index contributed by atoms with van der Waals surface area (Å²) < 4.78 is 0. The van der Waals surface area contributed by atoms with Gasteiger partial charge < -0.3 is 15.3 Å². The molecule has 0 radical (unpaired) electrons. The molecule has 6 nitrogen and oxygen atoms in total. The second-order valence-corrected chi connectivity index (χ2v) is 6.26. The van der Waals surface area contributed by atoms with Gasteiger partial charge in [0.15, 0.2) is 0 Å². The summed E-state index contributed by atoms with van der Waals surface area (Å²) in [5.74, 6) is 0.686. The van der Waals surface area contributed by atoms with Crippen LogP contribution in [0.15, 0.2) is 12.4 Å².